The normalized spacial score (nSPS) is 19.1. The second-order valence-electron chi connectivity index (χ2n) is 10.7. The van der Waals surface area contributed by atoms with Gasteiger partial charge < -0.3 is 24.3 Å². The molecule has 0 spiro atoms. The molecule has 1 aliphatic carbocycles. The van der Waals surface area contributed by atoms with Crippen molar-refractivity contribution < 1.29 is 33.5 Å². The number of hydrogen-bond donors (Lipinski definition) is 1. The Balaban J connectivity index is 1.40. The Bertz CT molecular complexity index is 1660. The summed E-state index contributed by atoms with van der Waals surface area (Å²) >= 11 is 0. The molecule has 3 aromatic rings. The minimum atomic E-state index is -1.03. The lowest BCUT2D eigenvalue weighted by molar-refractivity contribution is -0.385. The molecule has 0 saturated heterocycles. The number of hydrogen-bond acceptors (Lipinski definition) is 9. The van der Waals surface area contributed by atoms with Crippen LogP contribution < -0.4 is 19.5 Å². The van der Waals surface area contributed by atoms with E-state index in [-0.39, 0.29) is 54.1 Å². The zero-order valence-corrected chi connectivity index (χ0v) is 23.8. The van der Waals surface area contributed by atoms with E-state index in [9.17, 15) is 19.7 Å². The molecule has 3 aliphatic rings. The van der Waals surface area contributed by atoms with Crippen molar-refractivity contribution in [2.75, 3.05) is 20.5 Å². The van der Waals surface area contributed by atoms with Gasteiger partial charge in [0.05, 0.1) is 36.2 Å². The number of nitro groups is 1. The fraction of sp³-hybridized carbons (Fsp3) is 0.273. The first-order chi connectivity index (χ1) is 20.8. The fourth-order valence-corrected chi connectivity index (χ4v) is 6.05. The number of ether oxygens (including phenoxy) is 4. The summed E-state index contributed by atoms with van der Waals surface area (Å²) in [6.07, 6.45) is 1.16. The lowest BCUT2D eigenvalue weighted by Gasteiger charge is -2.36. The summed E-state index contributed by atoms with van der Waals surface area (Å²) in [6, 6.07) is 20.0. The van der Waals surface area contributed by atoms with Gasteiger partial charge in [0.25, 0.3) is 5.69 Å². The van der Waals surface area contributed by atoms with Gasteiger partial charge in [0.15, 0.2) is 17.3 Å². The van der Waals surface area contributed by atoms with E-state index in [2.05, 4.69) is 5.32 Å². The first-order valence-corrected chi connectivity index (χ1v) is 14.0. The van der Waals surface area contributed by atoms with Gasteiger partial charge in [0.1, 0.15) is 5.75 Å². The molecule has 2 aliphatic heterocycles. The van der Waals surface area contributed by atoms with Gasteiger partial charge in [-0.25, -0.2) is 4.79 Å². The molecule has 2 atom stereocenters. The third-order valence-corrected chi connectivity index (χ3v) is 8.13. The minimum absolute atomic E-state index is 0.0815. The standard InChI is InChI=1S/C33H30N2O8/c1-19-30(33(37)41-13-12-20-6-4-3-5-7-20)31(24-16-28-29(43-18-42-28)17-26(24)35(38)39)32-25(34-19)14-22(15-27(32)36)21-8-10-23(40-2)11-9-21/h3-11,16-17,22,31,34H,12-15,18H2,1-2H3/t22-,31-/m0/s1. The van der Waals surface area contributed by atoms with E-state index in [0.29, 0.717) is 41.3 Å². The molecule has 0 unspecified atom stereocenters. The van der Waals surface area contributed by atoms with Gasteiger partial charge >= 0.3 is 5.97 Å². The summed E-state index contributed by atoms with van der Waals surface area (Å²) in [5.74, 6) is -0.728. The molecule has 0 bridgehead atoms. The Morgan fingerprint density at radius 1 is 1.05 bits per heavy atom. The number of rotatable bonds is 8. The molecule has 6 rings (SSSR count). The number of benzene rings is 3. The summed E-state index contributed by atoms with van der Waals surface area (Å²) in [7, 11) is 1.59. The van der Waals surface area contributed by atoms with E-state index < -0.39 is 16.8 Å². The minimum Gasteiger partial charge on any atom is -0.497 e. The predicted molar refractivity (Wildman–Crippen MR) is 156 cm³/mol. The van der Waals surface area contributed by atoms with E-state index in [0.717, 1.165) is 11.1 Å². The predicted octanol–water partition coefficient (Wildman–Crippen LogP) is 5.48. The topological polar surface area (TPSA) is 126 Å². The van der Waals surface area contributed by atoms with Gasteiger partial charge in [-0.3, -0.25) is 14.9 Å². The van der Waals surface area contributed by atoms with Crippen LogP contribution in [0.5, 0.6) is 17.2 Å². The second-order valence-corrected chi connectivity index (χ2v) is 10.7. The quantitative estimate of drug-likeness (QED) is 0.209. The smallest absolute Gasteiger partial charge is 0.336 e. The van der Waals surface area contributed by atoms with Gasteiger partial charge in [0, 0.05) is 35.4 Å². The summed E-state index contributed by atoms with van der Waals surface area (Å²) < 4.78 is 21.9. The van der Waals surface area contributed by atoms with Crippen LogP contribution in [0.1, 0.15) is 48.3 Å². The van der Waals surface area contributed by atoms with Gasteiger partial charge in [-0.15, -0.1) is 0 Å². The van der Waals surface area contributed by atoms with E-state index in [4.69, 9.17) is 18.9 Å². The number of allylic oxidation sites excluding steroid dienone is 3. The van der Waals surface area contributed by atoms with Crippen LogP contribution in [-0.4, -0.2) is 37.2 Å². The largest absolute Gasteiger partial charge is 0.497 e. The molecule has 0 fully saturated rings. The molecule has 1 N–H and O–H groups in total. The first-order valence-electron chi connectivity index (χ1n) is 14.0. The molecule has 3 aromatic carbocycles. The van der Waals surface area contributed by atoms with Crippen molar-refractivity contribution in [1.82, 2.24) is 5.32 Å². The van der Waals surface area contributed by atoms with E-state index >= 15 is 0 Å². The van der Waals surface area contributed by atoms with Crippen LogP contribution in [0.2, 0.25) is 0 Å². The molecule has 2 heterocycles. The SMILES string of the molecule is COc1ccc([C@@H]2CC(=O)C3=C(C2)NC(C)=C(C(=O)OCCc2ccccc2)[C@@H]3c2cc3c(cc2[N+](=O)[O-])OCO3)cc1. The highest BCUT2D eigenvalue weighted by Crippen LogP contribution is 2.50. The Kier molecular flexibility index (Phi) is 7.58. The van der Waals surface area contributed by atoms with Gasteiger partial charge in [-0.05, 0) is 48.6 Å². The summed E-state index contributed by atoms with van der Waals surface area (Å²) in [5.41, 5.74) is 3.47. The molecule has 43 heavy (non-hydrogen) atoms. The summed E-state index contributed by atoms with van der Waals surface area (Å²) in [6.45, 7) is 1.75. The Morgan fingerprint density at radius 2 is 1.77 bits per heavy atom. The highest BCUT2D eigenvalue weighted by molar-refractivity contribution is 6.04. The maximum atomic E-state index is 14.0. The van der Waals surface area contributed by atoms with Crippen molar-refractivity contribution in [2.24, 2.45) is 0 Å². The Morgan fingerprint density at radius 3 is 2.47 bits per heavy atom. The third kappa shape index (κ3) is 5.43. The van der Waals surface area contributed by atoms with Crippen molar-refractivity contribution in [3.8, 4) is 17.2 Å². The van der Waals surface area contributed by atoms with E-state index in [1.54, 1.807) is 14.0 Å². The zero-order valence-electron chi connectivity index (χ0n) is 23.8. The number of Topliss-reactive ketones (excluding diaryl/α,β-unsaturated/α-hetero) is 1. The van der Waals surface area contributed by atoms with Crippen LogP contribution in [0, 0.1) is 10.1 Å². The molecular weight excluding hydrogens is 552 g/mol. The third-order valence-electron chi connectivity index (χ3n) is 8.13. The highest BCUT2D eigenvalue weighted by atomic mass is 16.7. The van der Waals surface area contributed by atoms with Crippen molar-refractivity contribution in [3.05, 3.63) is 116 Å². The van der Waals surface area contributed by atoms with Crippen molar-refractivity contribution in [3.63, 3.8) is 0 Å². The van der Waals surface area contributed by atoms with Crippen LogP contribution in [0.4, 0.5) is 5.69 Å². The number of methoxy groups -OCH3 is 1. The average molecular weight is 583 g/mol. The number of nitrogens with one attached hydrogen (secondary N) is 1. The second kappa shape index (κ2) is 11.6. The molecule has 220 valence electrons. The van der Waals surface area contributed by atoms with Crippen LogP contribution in [0.3, 0.4) is 0 Å². The molecular formula is C33H30N2O8. The van der Waals surface area contributed by atoms with E-state index in [1.807, 2.05) is 54.6 Å². The summed E-state index contributed by atoms with van der Waals surface area (Å²) in [5, 5.41) is 15.6. The van der Waals surface area contributed by atoms with Crippen LogP contribution in [0.15, 0.2) is 89.3 Å². The van der Waals surface area contributed by atoms with Crippen molar-refractivity contribution in [1.29, 1.82) is 0 Å². The average Bonchev–Trinajstić information content (AvgIpc) is 3.48. The van der Waals surface area contributed by atoms with E-state index in [1.165, 1.54) is 12.1 Å². The molecule has 0 radical (unpaired) electrons. The molecule has 0 saturated carbocycles. The Hall–Kier alpha value is -5.12. The number of nitro benzene ring substituents is 1. The van der Waals surface area contributed by atoms with Crippen LogP contribution in [0.25, 0.3) is 0 Å². The van der Waals surface area contributed by atoms with Crippen molar-refractivity contribution >= 4 is 17.4 Å². The van der Waals surface area contributed by atoms with Crippen LogP contribution in [-0.2, 0) is 20.7 Å². The molecule has 10 heteroatoms. The molecule has 0 amide bonds. The maximum Gasteiger partial charge on any atom is 0.336 e. The highest BCUT2D eigenvalue weighted by Gasteiger charge is 2.44. The van der Waals surface area contributed by atoms with Gasteiger partial charge in [-0.2, -0.15) is 0 Å². The lowest BCUT2D eigenvalue weighted by Crippen LogP contribution is -2.36. The molecule has 0 aromatic heterocycles. The number of carbonyl (C=O) groups is 2. The number of fused-ring (bicyclic) bond motifs is 1. The fourth-order valence-electron chi connectivity index (χ4n) is 6.05. The number of nitrogens with zero attached hydrogens (tertiary/aromatic N) is 1. The zero-order chi connectivity index (χ0) is 30.1. The molecule has 10 nitrogen and oxygen atoms in total. The Labute approximate surface area is 248 Å². The monoisotopic (exact) mass is 582 g/mol. The maximum absolute atomic E-state index is 14.0. The van der Waals surface area contributed by atoms with Crippen molar-refractivity contribution in [2.45, 2.75) is 38.0 Å². The number of carbonyl (C=O) groups excluding carboxylic acids is 2. The number of dihydropyridines is 1. The number of esters is 1. The van der Waals surface area contributed by atoms with Crippen LogP contribution >= 0.6 is 0 Å². The summed E-state index contributed by atoms with van der Waals surface area (Å²) in [4.78, 5) is 39.5. The lowest BCUT2D eigenvalue weighted by atomic mass is 9.71. The van der Waals surface area contributed by atoms with Gasteiger partial charge in [0.2, 0.25) is 6.79 Å². The number of ketones is 1. The van der Waals surface area contributed by atoms with Gasteiger partial charge in [-0.1, -0.05) is 42.5 Å². The first kappa shape index (κ1) is 28.0.